The lowest BCUT2D eigenvalue weighted by Crippen LogP contribution is -2.75. The summed E-state index contributed by atoms with van der Waals surface area (Å²) in [7, 11) is 3.98. The lowest BCUT2D eigenvalue weighted by Gasteiger charge is -2.62. The van der Waals surface area contributed by atoms with E-state index in [9.17, 15) is 5.11 Å². The average Bonchev–Trinajstić information content (AvgIpc) is 2.78. The Labute approximate surface area is 155 Å². The minimum absolute atomic E-state index is 0.165. The molecule has 0 radical (unpaired) electrons. The second kappa shape index (κ2) is 6.37. The smallest absolute Gasteiger partial charge is 0.201 e. The number of likely N-dealkylation sites (N-methyl/N-ethyl adjacent to an activating group) is 1. The van der Waals surface area contributed by atoms with Gasteiger partial charge in [0.1, 0.15) is 5.60 Å². The van der Waals surface area contributed by atoms with Crippen LogP contribution in [0.4, 0.5) is 0 Å². The van der Waals surface area contributed by atoms with Crippen molar-refractivity contribution in [2.45, 2.75) is 76.0 Å². The standard InChI is InChI=1S/C19H33NO6/c1-12-6-7-14-18(3,21)15(22-11-10-20(4)5)23-16-19(14)13(12)8-9-17(2,24-16)25-26-19/h12-16,21H,6-11H2,1-5H3/t12-,13?,14?,15-,16-,17-,18+,19-/m1/s1. The first kappa shape index (κ1) is 19.1. The molecular formula is C19H33NO6. The largest absolute Gasteiger partial charge is 0.384 e. The predicted molar refractivity (Wildman–Crippen MR) is 92.8 cm³/mol. The topological polar surface area (TPSA) is 69.6 Å². The second-order valence-corrected chi connectivity index (χ2v) is 9.22. The fraction of sp³-hybridized carbons (Fsp3) is 1.00. The monoisotopic (exact) mass is 371 g/mol. The highest BCUT2D eigenvalue weighted by Gasteiger charge is 2.73. The van der Waals surface area contributed by atoms with Crippen molar-refractivity contribution in [2.75, 3.05) is 27.2 Å². The van der Waals surface area contributed by atoms with Crippen LogP contribution in [0.3, 0.4) is 0 Å². The minimum Gasteiger partial charge on any atom is -0.384 e. The van der Waals surface area contributed by atoms with Gasteiger partial charge in [0.2, 0.25) is 5.79 Å². The fourth-order valence-electron chi connectivity index (χ4n) is 5.43. The maximum atomic E-state index is 11.5. The van der Waals surface area contributed by atoms with Crippen LogP contribution in [0.5, 0.6) is 0 Å². The van der Waals surface area contributed by atoms with E-state index in [1.807, 2.05) is 25.9 Å². The lowest BCUT2D eigenvalue weighted by molar-refractivity contribution is -0.584. The van der Waals surface area contributed by atoms with Crippen LogP contribution >= 0.6 is 0 Å². The van der Waals surface area contributed by atoms with Gasteiger partial charge in [0.05, 0.1) is 6.61 Å². The van der Waals surface area contributed by atoms with Gasteiger partial charge in [0.15, 0.2) is 18.2 Å². The number of hydrogen-bond donors (Lipinski definition) is 1. The molecule has 7 heteroatoms. The van der Waals surface area contributed by atoms with Crippen LogP contribution in [0, 0.1) is 17.8 Å². The van der Waals surface area contributed by atoms with Gasteiger partial charge in [-0.2, -0.15) is 0 Å². The van der Waals surface area contributed by atoms with Gasteiger partial charge < -0.3 is 24.2 Å². The highest BCUT2D eigenvalue weighted by atomic mass is 17.3. The summed E-state index contributed by atoms with van der Waals surface area (Å²) in [5, 5.41) is 11.5. The number of nitrogens with zero attached hydrogens (tertiary/aromatic N) is 1. The van der Waals surface area contributed by atoms with Crippen molar-refractivity contribution in [1.82, 2.24) is 4.90 Å². The number of rotatable bonds is 4. The molecule has 0 aromatic heterocycles. The molecule has 7 nitrogen and oxygen atoms in total. The third-order valence-electron chi connectivity index (χ3n) is 6.96. The molecule has 4 aliphatic heterocycles. The Kier molecular flexibility index (Phi) is 4.67. The Hall–Kier alpha value is -0.280. The minimum atomic E-state index is -1.17. The number of fused-ring (bicyclic) bond motifs is 2. The van der Waals surface area contributed by atoms with Crippen molar-refractivity contribution < 1.29 is 29.1 Å². The van der Waals surface area contributed by atoms with E-state index in [4.69, 9.17) is 24.0 Å². The molecule has 1 N–H and O–H groups in total. The molecule has 0 amide bonds. The summed E-state index contributed by atoms with van der Waals surface area (Å²) in [6, 6.07) is 0. The van der Waals surface area contributed by atoms with Crippen LogP contribution in [-0.2, 0) is 24.0 Å². The molecule has 5 fully saturated rings. The Balaban J connectivity index is 1.66. The molecule has 26 heavy (non-hydrogen) atoms. The summed E-state index contributed by atoms with van der Waals surface area (Å²) in [4.78, 5) is 13.8. The zero-order chi connectivity index (χ0) is 18.7. The summed E-state index contributed by atoms with van der Waals surface area (Å²) in [6.45, 7) is 7.20. The molecule has 2 bridgehead atoms. The van der Waals surface area contributed by atoms with E-state index >= 15 is 0 Å². The van der Waals surface area contributed by atoms with Crippen LogP contribution < -0.4 is 0 Å². The SMILES string of the molecule is C[C@@H]1CCC2[C@]34OO[C@](C)(CCC13)O[C@H]4O[C@@H](OCCN(C)C)[C@@]2(C)O. The first-order valence-electron chi connectivity index (χ1n) is 9.88. The van der Waals surface area contributed by atoms with E-state index in [1.54, 1.807) is 6.92 Å². The van der Waals surface area contributed by atoms with Gasteiger partial charge in [0.25, 0.3) is 0 Å². The zero-order valence-corrected chi connectivity index (χ0v) is 16.6. The summed E-state index contributed by atoms with van der Waals surface area (Å²) < 4.78 is 18.4. The Bertz CT molecular complexity index is 542. The molecule has 1 spiro atoms. The molecule has 1 aliphatic carbocycles. The van der Waals surface area contributed by atoms with Gasteiger partial charge in [-0.1, -0.05) is 6.92 Å². The van der Waals surface area contributed by atoms with Crippen molar-refractivity contribution >= 4 is 0 Å². The fourth-order valence-corrected chi connectivity index (χ4v) is 5.43. The highest BCUT2D eigenvalue weighted by molar-refractivity contribution is 5.13. The van der Waals surface area contributed by atoms with Gasteiger partial charge in [-0.15, -0.1) is 0 Å². The quantitative estimate of drug-likeness (QED) is 0.757. The van der Waals surface area contributed by atoms with Crippen molar-refractivity contribution in [3.8, 4) is 0 Å². The van der Waals surface area contributed by atoms with Crippen molar-refractivity contribution in [3.05, 3.63) is 0 Å². The van der Waals surface area contributed by atoms with E-state index in [2.05, 4.69) is 6.92 Å². The van der Waals surface area contributed by atoms with E-state index in [0.29, 0.717) is 12.5 Å². The normalized spacial score (nSPS) is 53.4. The van der Waals surface area contributed by atoms with Crippen molar-refractivity contribution in [1.29, 1.82) is 0 Å². The molecular weight excluding hydrogens is 338 g/mol. The number of aliphatic hydroxyl groups is 1. The molecule has 0 aromatic rings. The highest BCUT2D eigenvalue weighted by Crippen LogP contribution is 2.61. The molecule has 4 saturated heterocycles. The van der Waals surface area contributed by atoms with Crippen molar-refractivity contribution in [3.63, 3.8) is 0 Å². The third-order valence-corrected chi connectivity index (χ3v) is 6.96. The average molecular weight is 371 g/mol. The third kappa shape index (κ3) is 2.75. The summed E-state index contributed by atoms with van der Waals surface area (Å²) in [5.74, 6) is -0.284. The Morgan fingerprint density at radius 3 is 2.65 bits per heavy atom. The van der Waals surface area contributed by atoms with Gasteiger partial charge in [-0.3, -0.25) is 0 Å². The maximum Gasteiger partial charge on any atom is 0.201 e. The lowest BCUT2D eigenvalue weighted by atomic mass is 9.57. The van der Waals surface area contributed by atoms with Gasteiger partial charge >= 0.3 is 0 Å². The molecule has 1 saturated carbocycles. The first-order valence-corrected chi connectivity index (χ1v) is 9.88. The second-order valence-electron chi connectivity index (χ2n) is 9.22. The molecule has 5 rings (SSSR count). The zero-order valence-electron chi connectivity index (χ0n) is 16.6. The van der Waals surface area contributed by atoms with Gasteiger partial charge in [0, 0.05) is 18.9 Å². The van der Waals surface area contributed by atoms with Crippen LogP contribution in [0.2, 0.25) is 0 Å². The summed E-state index contributed by atoms with van der Waals surface area (Å²) in [6.07, 6.45) is 2.24. The summed E-state index contributed by atoms with van der Waals surface area (Å²) in [5.41, 5.74) is -1.95. The van der Waals surface area contributed by atoms with Crippen molar-refractivity contribution in [2.24, 2.45) is 17.8 Å². The predicted octanol–water partition coefficient (Wildman–Crippen LogP) is 1.89. The van der Waals surface area contributed by atoms with E-state index < -0.39 is 29.6 Å². The van der Waals surface area contributed by atoms with Gasteiger partial charge in [-0.25, -0.2) is 9.78 Å². The number of hydrogen-bond acceptors (Lipinski definition) is 7. The molecule has 5 aliphatic rings. The molecule has 2 unspecified atom stereocenters. The van der Waals surface area contributed by atoms with Crippen LogP contribution in [0.15, 0.2) is 0 Å². The summed E-state index contributed by atoms with van der Waals surface area (Å²) >= 11 is 0. The van der Waals surface area contributed by atoms with Gasteiger partial charge in [-0.05, 0) is 59.0 Å². The van der Waals surface area contributed by atoms with E-state index in [1.165, 1.54) is 0 Å². The first-order chi connectivity index (χ1) is 12.2. The molecule has 0 aromatic carbocycles. The van der Waals surface area contributed by atoms with Crippen LogP contribution in [-0.4, -0.2) is 66.8 Å². The van der Waals surface area contributed by atoms with E-state index in [-0.39, 0.29) is 11.8 Å². The molecule has 8 atom stereocenters. The Morgan fingerprint density at radius 2 is 1.92 bits per heavy atom. The van der Waals surface area contributed by atoms with Crippen LogP contribution in [0.25, 0.3) is 0 Å². The molecule has 150 valence electrons. The van der Waals surface area contributed by atoms with E-state index in [0.717, 1.165) is 32.2 Å². The maximum absolute atomic E-state index is 11.5. The van der Waals surface area contributed by atoms with Crippen LogP contribution in [0.1, 0.15) is 46.5 Å². The Morgan fingerprint density at radius 1 is 1.15 bits per heavy atom. The molecule has 4 heterocycles. The number of ether oxygens (including phenoxy) is 3.